The molecule has 0 aliphatic carbocycles. The first kappa shape index (κ1) is 26.1. The molecule has 1 aromatic heterocycles. The number of hydrogen-bond donors (Lipinski definition) is 2. The van der Waals surface area contributed by atoms with Crippen LogP contribution in [-0.2, 0) is 15.7 Å². The summed E-state index contributed by atoms with van der Waals surface area (Å²) >= 11 is 0. The lowest BCUT2D eigenvalue weighted by Gasteiger charge is -2.30. The number of carbonyl (C=O) groups excluding carboxylic acids is 2. The number of rotatable bonds is 4. The van der Waals surface area contributed by atoms with Gasteiger partial charge in [-0.05, 0) is 86.4 Å². The first-order valence-corrected chi connectivity index (χ1v) is 11.8. The second-order valence-electron chi connectivity index (χ2n) is 9.81. The van der Waals surface area contributed by atoms with E-state index in [2.05, 4.69) is 10.3 Å². The molecule has 0 radical (unpaired) electrons. The number of H-pyrrole nitrogens is 1. The zero-order valence-electron chi connectivity index (χ0n) is 20.8. The van der Waals surface area contributed by atoms with E-state index in [-0.39, 0.29) is 6.54 Å². The number of amides is 2. The Morgan fingerprint density at radius 1 is 1.08 bits per heavy atom. The molecule has 1 aliphatic rings. The number of hydrogen-bond acceptors (Lipinski definition) is 3. The Morgan fingerprint density at radius 3 is 2.54 bits per heavy atom. The van der Waals surface area contributed by atoms with Crippen LogP contribution in [0.15, 0.2) is 60.8 Å². The third-order valence-corrected chi connectivity index (χ3v) is 5.82. The van der Waals surface area contributed by atoms with Gasteiger partial charge in [0, 0.05) is 42.0 Å². The largest absolute Gasteiger partial charge is 0.444 e. The molecule has 0 unspecified atom stereocenters. The van der Waals surface area contributed by atoms with E-state index in [0.717, 1.165) is 23.0 Å². The Labute approximate surface area is 212 Å². The quantitative estimate of drug-likeness (QED) is 0.376. The molecule has 1 aliphatic heterocycles. The number of alkyl halides is 3. The van der Waals surface area contributed by atoms with Gasteiger partial charge in [0.1, 0.15) is 5.60 Å². The summed E-state index contributed by atoms with van der Waals surface area (Å²) in [6, 6.07) is 10.8. The van der Waals surface area contributed by atoms with Crippen molar-refractivity contribution >= 4 is 40.2 Å². The Bertz CT molecular complexity index is 1380. The molecule has 0 atom stereocenters. The number of nitrogens with one attached hydrogen (secondary N) is 2. The minimum Gasteiger partial charge on any atom is -0.444 e. The topological polar surface area (TPSA) is 74.4 Å². The van der Waals surface area contributed by atoms with Gasteiger partial charge in [-0.1, -0.05) is 12.1 Å². The van der Waals surface area contributed by atoms with Crippen molar-refractivity contribution in [3.8, 4) is 0 Å². The van der Waals surface area contributed by atoms with Crippen LogP contribution in [0.5, 0.6) is 0 Å². The number of aromatic nitrogens is 1. The lowest BCUT2D eigenvalue weighted by atomic mass is 9.92. The van der Waals surface area contributed by atoms with Crippen molar-refractivity contribution in [1.29, 1.82) is 0 Å². The van der Waals surface area contributed by atoms with E-state index in [1.807, 2.05) is 18.2 Å². The number of benzene rings is 2. The van der Waals surface area contributed by atoms with Crippen LogP contribution in [0, 0.1) is 0 Å². The van der Waals surface area contributed by atoms with Gasteiger partial charge in [-0.3, -0.25) is 4.79 Å². The average Bonchev–Trinajstić information content (AvgIpc) is 3.29. The van der Waals surface area contributed by atoms with Crippen LogP contribution in [0.2, 0.25) is 0 Å². The molecular formula is C28H28F3N3O3. The van der Waals surface area contributed by atoms with Crippen molar-refractivity contribution in [3.63, 3.8) is 0 Å². The molecule has 194 valence electrons. The number of anilines is 1. The smallest absolute Gasteiger partial charge is 0.416 e. The molecule has 0 saturated carbocycles. The maximum atomic E-state index is 13.5. The standard InChI is InChI=1S/C28H28F3N3O3/c1-27(2,3)37-26(36)34-14-11-19(12-15-34)23-17-21(28(29,30)31)6-4-18(23)5-9-25(35)33-22-7-8-24-20(16-22)10-13-32-24/h4-11,13,16-17,32H,12,14-15H2,1-3H3,(H,33,35)/b9-5+. The summed E-state index contributed by atoms with van der Waals surface area (Å²) < 4.78 is 45.8. The Kier molecular flexibility index (Phi) is 7.16. The maximum absolute atomic E-state index is 13.5. The van der Waals surface area contributed by atoms with Gasteiger partial charge < -0.3 is 19.9 Å². The molecule has 9 heteroatoms. The van der Waals surface area contributed by atoms with Crippen LogP contribution < -0.4 is 5.32 Å². The SMILES string of the molecule is CC(C)(C)OC(=O)N1CC=C(c2cc(C(F)(F)F)ccc2/C=C/C(=O)Nc2ccc3[nH]ccc3c2)CC1. The minimum atomic E-state index is -4.51. The van der Waals surface area contributed by atoms with Gasteiger partial charge in [-0.15, -0.1) is 0 Å². The van der Waals surface area contributed by atoms with Crippen molar-refractivity contribution in [1.82, 2.24) is 9.88 Å². The molecule has 0 saturated heterocycles. The van der Waals surface area contributed by atoms with Crippen molar-refractivity contribution in [2.75, 3.05) is 18.4 Å². The highest BCUT2D eigenvalue weighted by molar-refractivity contribution is 6.03. The van der Waals surface area contributed by atoms with Crippen molar-refractivity contribution in [2.24, 2.45) is 0 Å². The normalized spacial score (nSPS) is 14.6. The highest BCUT2D eigenvalue weighted by atomic mass is 19.4. The number of aromatic amines is 1. The molecule has 6 nitrogen and oxygen atoms in total. The fourth-order valence-electron chi connectivity index (χ4n) is 4.04. The van der Waals surface area contributed by atoms with Gasteiger partial charge in [0.25, 0.3) is 0 Å². The summed E-state index contributed by atoms with van der Waals surface area (Å²) in [5, 5.41) is 3.71. The van der Waals surface area contributed by atoms with Gasteiger partial charge in [0.15, 0.2) is 0 Å². The van der Waals surface area contributed by atoms with Crippen molar-refractivity contribution < 1.29 is 27.5 Å². The van der Waals surface area contributed by atoms with E-state index in [1.165, 1.54) is 23.1 Å². The lowest BCUT2D eigenvalue weighted by Crippen LogP contribution is -2.39. The van der Waals surface area contributed by atoms with E-state index in [1.54, 1.807) is 39.1 Å². The number of ether oxygens (including phenoxy) is 1. The van der Waals surface area contributed by atoms with Gasteiger partial charge in [-0.25, -0.2) is 4.79 Å². The van der Waals surface area contributed by atoms with E-state index in [0.29, 0.717) is 35.4 Å². The van der Waals surface area contributed by atoms with Crippen LogP contribution in [0.25, 0.3) is 22.6 Å². The first-order chi connectivity index (χ1) is 17.4. The van der Waals surface area contributed by atoms with E-state index in [9.17, 15) is 22.8 Å². The predicted octanol–water partition coefficient (Wildman–Crippen LogP) is 6.86. The number of nitrogens with zero attached hydrogens (tertiary/aromatic N) is 1. The van der Waals surface area contributed by atoms with Crippen LogP contribution in [0.1, 0.15) is 43.9 Å². The van der Waals surface area contributed by atoms with Crippen LogP contribution >= 0.6 is 0 Å². The molecule has 0 fully saturated rings. The molecule has 2 aromatic carbocycles. The fraction of sp³-hybridized carbons (Fsp3) is 0.286. The van der Waals surface area contributed by atoms with Gasteiger partial charge in [-0.2, -0.15) is 13.2 Å². The number of carbonyl (C=O) groups is 2. The monoisotopic (exact) mass is 511 g/mol. The van der Waals surface area contributed by atoms with E-state index >= 15 is 0 Å². The van der Waals surface area contributed by atoms with Gasteiger partial charge in [0.05, 0.1) is 5.56 Å². The molecule has 3 aromatic rings. The van der Waals surface area contributed by atoms with Crippen LogP contribution in [0.3, 0.4) is 0 Å². The molecule has 37 heavy (non-hydrogen) atoms. The molecule has 0 bridgehead atoms. The Balaban J connectivity index is 1.55. The highest BCUT2D eigenvalue weighted by Gasteiger charge is 2.32. The van der Waals surface area contributed by atoms with Crippen LogP contribution in [-0.4, -0.2) is 40.6 Å². The minimum absolute atomic E-state index is 0.214. The summed E-state index contributed by atoms with van der Waals surface area (Å²) in [6.07, 6.45) is 1.70. The molecular weight excluding hydrogens is 483 g/mol. The molecule has 0 spiro atoms. The summed E-state index contributed by atoms with van der Waals surface area (Å²) in [6.45, 7) is 5.83. The van der Waals surface area contributed by atoms with Crippen molar-refractivity contribution in [2.45, 2.75) is 39.0 Å². The first-order valence-electron chi connectivity index (χ1n) is 11.8. The molecule has 2 N–H and O–H groups in total. The summed E-state index contributed by atoms with van der Waals surface area (Å²) in [7, 11) is 0. The number of halogens is 3. The van der Waals surface area contributed by atoms with Crippen molar-refractivity contribution in [3.05, 3.63) is 77.5 Å². The van der Waals surface area contributed by atoms with Gasteiger partial charge in [0.2, 0.25) is 5.91 Å². The van der Waals surface area contributed by atoms with Crippen LogP contribution in [0.4, 0.5) is 23.7 Å². The fourth-order valence-corrected chi connectivity index (χ4v) is 4.04. The summed E-state index contributed by atoms with van der Waals surface area (Å²) in [4.78, 5) is 29.5. The second kappa shape index (κ2) is 10.2. The third-order valence-electron chi connectivity index (χ3n) is 5.82. The molecule has 2 heterocycles. The van der Waals surface area contributed by atoms with E-state index in [4.69, 9.17) is 4.74 Å². The maximum Gasteiger partial charge on any atom is 0.416 e. The highest BCUT2D eigenvalue weighted by Crippen LogP contribution is 2.35. The Hall–Kier alpha value is -4.01. The number of fused-ring (bicyclic) bond motifs is 1. The Morgan fingerprint density at radius 2 is 1.86 bits per heavy atom. The summed E-state index contributed by atoms with van der Waals surface area (Å²) in [5.41, 5.74) is 1.63. The zero-order chi connectivity index (χ0) is 26.8. The van der Waals surface area contributed by atoms with E-state index < -0.39 is 29.3 Å². The summed E-state index contributed by atoms with van der Waals surface area (Å²) in [5.74, 6) is -0.408. The lowest BCUT2D eigenvalue weighted by molar-refractivity contribution is -0.137. The second-order valence-corrected chi connectivity index (χ2v) is 9.81. The average molecular weight is 512 g/mol. The third kappa shape index (κ3) is 6.61. The molecule has 2 amide bonds. The molecule has 4 rings (SSSR count). The zero-order valence-corrected chi connectivity index (χ0v) is 20.8. The predicted molar refractivity (Wildman–Crippen MR) is 138 cm³/mol. The van der Waals surface area contributed by atoms with Gasteiger partial charge >= 0.3 is 12.3 Å².